The average Bonchev–Trinajstić information content (AvgIpc) is 2.86. The molecule has 1 heterocycles. The number of hydrogen-bond donors (Lipinski definition) is 0. The Kier molecular flexibility index (Phi) is 3.61. The van der Waals surface area contributed by atoms with Gasteiger partial charge < -0.3 is 4.74 Å². The second-order valence-electron chi connectivity index (χ2n) is 4.47. The van der Waals surface area contributed by atoms with Crippen molar-refractivity contribution in [1.82, 2.24) is 9.55 Å². The zero-order valence-electron chi connectivity index (χ0n) is 11.2. The molecule has 1 aromatic heterocycles. The number of para-hydroxylation sites is 2. The Labute approximate surface area is 122 Å². The van der Waals surface area contributed by atoms with Crippen molar-refractivity contribution in [3.8, 4) is 11.4 Å². The van der Waals surface area contributed by atoms with Crippen LogP contribution in [-0.2, 0) is 6.42 Å². The van der Waals surface area contributed by atoms with Gasteiger partial charge in [-0.3, -0.25) is 4.57 Å². The second kappa shape index (κ2) is 5.55. The topological polar surface area (TPSA) is 27.1 Å². The molecule has 3 rings (SSSR count). The van der Waals surface area contributed by atoms with Crippen molar-refractivity contribution in [2.75, 3.05) is 13.0 Å². The Balaban J connectivity index is 2.30. The van der Waals surface area contributed by atoms with Crippen LogP contribution in [0, 0.1) is 0 Å². The van der Waals surface area contributed by atoms with Gasteiger partial charge in [0.05, 0.1) is 12.6 Å². The van der Waals surface area contributed by atoms with Crippen LogP contribution in [0.5, 0.6) is 5.75 Å². The van der Waals surface area contributed by atoms with E-state index in [0.29, 0.717) is 12.3 Å². The normalized spacial score (nSPS) is 10.9. The Bertz CT molecular complexity index is 722. The van der Waals surface area contributed by atoms with Gasteiger partial charge in [-0.25, -0.2) is 4.98 Å². The Morgan fingerprint density at radius 1 is 1.10 bits per heavy atom. The highest BCUT2D eigenvalue weighted by Gasteiger charge is 2.14. The molecule has 0 aliphatic rings. The third-order valence-electron chi connectivity index (χ3n) is 3.27. The number of benzene rings is 2. The number of rotatable bonds is 4. The lowest BCUT2D eigenvalue weighted by Gasteiger charge is -2.08. The van der Waals surface area contributed by atoms with Crippen molar-refractivity contribution in [2.45, 2.75) is 6.42 Å². The third kappa shape index (κ3) is 2.14. The van der Waals surface area contributed by atoms with Crippen molar-refractivity contribution in [3.63, 3.8) is 0 Å². The Hall–Kier alpha value is -2.00. The predicted molar refractivity (Wildman–Crippen MR) is 82.0 cm³/mol. The second-order valence-corrected chi connectivity index (χ2v) is 4.84. The van der Waals surface area contributed by atoms with Crippen LogP contribution in [0.25, 0.3) is 16.7 Å². The molecule has 3 nitrogen and oxygen atoms in total. The number of fused-ring (bicyclic) bond motifs is 1. The molecule has 0 aliphatic carbocycles. The minimum atomic E-state index is 0.540. The molecule has 0 fully saturated rings. The van der Waals surface area contributed by atoms with Crippen molar-refractivity contribution in [3.05, 3.63) is 54.4 Å². The van der Waals surface area contributed by atoms with E-state index in [9.17, 15) is 0 Å². The summed E-state index contributed by atoms with van der Waals surface area (Å²) in [6, 6.07) is 16.1. The van der Waals surface area contributed by atoms with E-state index in [-0.39, 0.29) is 0 Å². The Morgan fingerprint density at radius 3 is 2.60 bits per heavy atom. The molecule has 0 saturated carbocycles. The lowest BCUT2D eigenvalue weighted by Crippen LogP contribution is -2.01. The van der Waals surface area contributed by atoms with Crippen LogP contribution in [0.15, 0.2) is 48.5 Å². The smallest absolute Gasteiger partial charge is 0.146 e. The fourth-order valence-corrected chi connectivity index (χ4v) is 2.57. The number of methoxy groups -OCH3 is 1. The van der Waals surface area contributed by atoms with Gasteiger partial charge in [0.25, 0.3) is 0 Å². The molecule has 0 spiro atoms. The van der Waals surface area contributed by atoms with Crippen molar-refractivity contribution < 1.29 is 4.74 Å². The van der Waals surface area contributed by atoms with E-state index in [1.807, 2.05) is 30.3 Å². The largest absolute Gasteiger partial charge is 0.494 e. The number of aromatic nitrogens is 2. The van der Waals surface area contributed by atoms with Crippen LogP contribution in [-0.4, -0.2) is 22.5 Å². The minimum Gasteiger partial charge on any atom is -0.494 e. The molecule has 0 saturated heterocycles. The lowest BCUT2D eigenvalue weighted by atomic mass is 10.2. The first-order chi connectivity index (χ1) is 9.85. The van der Waals surface area contributed by atoms with Crippen LogP contribution in [0.3, 0.4) is 0 Å². The summed E-state index contributed by atoms with van der Waals surface area (Å²) in [7, 11) is 1.66. The van der Waals surface area contributed by atoms with Crippen LogP contribution in [0.2, 0.25) is 0 Å². The quantitative estimate of drug-likeness (QED) is 0.682. The average molecular weight is 287 g/mol. The van der Waals surface area contributed by atoms with E-state index in [1.54, 1.807) is 7.11 Å². The van der Waals surface area contributed by atoms with Crippen LogP contribution in [0.1, 0.15) is 5.82 Å². The first-order valence-corrected chi connectivity index (χ1v) is 7.04. The van der Waals surface area contributed by atoms with E-state index in [2.05, 4.69) is 22.8 Å². The van der Waals surface area contributed by atoms with E-state index in [4.69, 9.17) is 21.3 Å². The summed E-state index contributed by atoms with van der Waals surface area (Å²) >= 11 is 5.91. The fourth-order valence-electron chi connectivity index (χ4n) is 2.40. The summed E-state index contributed by atoms with van der Waals surface area (Å²) in [5, 5.41) is 0. The van der Waals surface area contributed by atoms with Gasteiger partial charge in [0.2, 0.25) is 0 Å². The number of imidazole rings is 1. The standard InChI is InChI=1S/C16H15ClN2O/c1-20-14-9-5-8-13-16(14)18-15(10-11-17)19(13)12-6-3-2-4-7-12/h2-9H,10-11H2,1H3. The first kappa shape index (κ1) is 13.0. The van der Waals surface area contributed by atoms with Gasteiger partial charge in [0.1, 0.15) is 17.1 Å². The third-order valence-corrected chi connectivity index (χ3v) is 3.46. The molecular formula is C16H15ClN2O. The van der Waals surface area contributed by atoms with E-state index in [1.165, 1.54) is 0 Å². The number of nitrogens with zero attached hydrogens (tertiary/aromatic N) is 2. The molecule has 0 bridgehead atoms. The van der Waals surface area contributed by atoms with E-state index >= 15 is 0 Å². The summed E-state index contributed by atoms with van der Waals surface area (Å²) in [6.07, 6.45) is 0.717. The van der Waals surface area contributed by atoms with Gasteiger partial charge in [-0.15, -0.1) is 11.6 Å². The number of halogens is 1. The van der Waals surface area contributed by atoms with Crippen molar-refractivity contribution >= 4 is 22.6 Å². The molecule has 0 N–H and O–H groups in total. The van der Waals surface area contributed by atoms with Gasteiger partial charge in [-0.2, -0.15) is 0 Å². The number of ether oxygens (including phenoxy) is 1. The number of hydrogen-bond acceptors (Lipinski definition) is 2. The summed E-state index contributed by atoms with van der Waals surface area (Å²) in [5.41, 5.74) is 3.00. The van der Waals surface area contributed by atoms with Gasteiger partial charge in [-0.1, -0.05) is 24.3 Å². The molecule has 2 aromatic carbocycles. The van der Waals surface area contributed by atoms with E-state index < -0.39 is 0 Å². The molecule has 4 heteroatoms. The van der Waals surface area contributed by atoms with E-state index in [0.717, 1.165) is 28.3 Å². The molecule has 0 atom stereocenters. The summed E-state index contributed by atoms with van der Waals surface area (Å²) in [5.74, 6) is 2.28. The minimum absolute atomic E-state index is 0.540. The molecule has 0 unspecified atom stereocenters. The van der Waals surface area contributed by atoms with Gasteiger partial charge in [-0.05, 0) is 24.3 Å². The lowest BCUT2D eigenvalue weighted by molar-refractivity contribution is 0.419. The maximum Gasteiger partial charge on any atom is 0.146 e. The molecule has 0 radical (unpaired) electrons. The summed E-state index contributed by atoms with van der Waals surface area (Å²) < 4.78 is 7.54. The fraction of sp³-hybridized carbons (Fsp3) is 0.188. The van der Waals surface area contributed by atoms with Crippen LogP contribution >= 0.6 is 11.6 Å². The van der Waals surface area contributed by atoms with Gasteiger partial charge in [0, 0.05) is 18.0 Å². The highest BCUT2D eigenvalue weighted by atomic mass is 35.5. The molecular weight excluding hydrogens is 272 g/mol. The number of alkyl halides is 1. The predicted octanol–water partition coefficient (Wildman–Crippen LogP) is 3.82. The van der Waals surface area contributed by atoms with Crippen molar-refractivity contribution in [1.29, 1.82) is 0 Å². The SMILES string of the molecule is COc1cccc2c1nc(CCCl)n2-c1ccccc1. The van der Waals surface area contributed by atoms with Crippen LogP contribution < -0.4 is 4.74 Å². The number of aryl methyl sites for hydroxylation is 1. The monoisotopic (exact) mass is 286 g/mol. The summed E-state index contributed by atoms with van der Waals surface area (Å²) in [4.78, 5) is 4.70. The summed E-state index contributed by atoms with van der Waals surface area (Å²) in [6.45, 7) is 0. The van der Waals surface area contributed by atoms with Gasteiger partial charge >= 0.3 is 0 Å². The zero-order chi connectivity index (χ0) is 13.9. The molecule has 0 aliphatic heterocycles. The zero-order valence-corrected chi connectivity index (χ0v) is 12.0. The maximum absolute atomic E-state index is 5.91. The van der Waals surface area contributed by atoms with Gasteiger partial charge in [0.15, 0.2) is 0 Å². The van der Waals surface area contributed by atoms with Crippen LogP contribution in [0.4, 0.5) is 0 Å². The molecule has 0 amide bonds. The molecule has 20 heavy (non-hydrogen) atoms. The molecule has 3 aromatic rings. The molecule has 102 valence electrons. The highest BCUT2D eigenvalue weighted by Crippen LogP contribution is 2.28. The maximum atomic E-state index is 5.91. The highest BCUT2D eigenvalue weighted by molar-refractivity contribution is 6.18. The van der Waals surface area contributed by atoms with Crippen molar-refractivity contribution in [2.24, 2.45) is 0 Å². The first-order valence-electron chi connectivity index (χ1n) is 6.51. The Morgan fingerprint density at radius 2 is 1.90 bits per heavy atom.